The molecular weight excluding hydrogens is 195 g/mol. The van der Waals surface area contributed by atoms with Crippen molar-refractivity contribution in [1.29, 1.82) is 5.26 Å². The summed E-state index contributed by atoms with van der Waals surface area (Å²) in [6.45, 7) is 1.70. The van der Waals surface area contributed by atoms with Crippen molar-refractivity contribution in [3.63, 3.8) is 0 Å². The van der Waals surface area contributed by atoms with Crippen LogP contribution in [0.2, 0.25) is 0 Å². The van der Waals surface area contributed by atoms with Gasteiger partial charge < -0.3 is 4.90 Å². The highest BCUT2D eigenvalue weighted by Crippen LogP contribution is 2.11. The molecule has 1 aromatic rings. The van der Waals surface area contributed by atoms with E-state index in [-0.39, 0.29) is 12.1 Å². The second-order valence-corrected chi connectivity index (χ2v) is 3.30. The van der Waals surface area contributed by atoms with E-state index in [1.54, 1.807) is 13.0 Å². The summed E-state index contributed by atoms with van der Waals surface area (Å²) in [5.74, 6) is -1.03. The Labute approximate surface area is 87.7 Å². The van der Waals surface area contributed by atoms with Crippen LogP contribution in [-0.4, -0.2) is 24.4 Å². The molecule has 0 aliphatic carbocycles. The number of hydrogen-bond donors (Lipinski definition) is 0. The summed E-state index contributed by atoms with van der Waals surface area (Å²) in [4.78, 5) is 12.8. The van der Waals surface area contributed by atoms with E-state index in [9.17, 15) is 9.18 Å². The van der Waals surface area contributed by atoms with E-state index in [0.717, 1.165) is 5.56 Å². The van der Waals surface area contributed by atoms with Gasteiger partial charge in [0, 0.05) is 7.05 Å². The molecule has 0 saturated carbocycles. The van der Waals surface area contributed by atoms with Gasteiger partial charge >= 0.3 is 0 Å². The molecule has 0 N–H and O–H groups in total. The van der Waals surface area contributed by atoms with Gasteiger partial charge in [-0.2, -0.15) is 5.26 Å². The van der Waals surface area contributed by atoms with Crippen LogP contribution in [0.25, 0.3) is 0 Å². The van der Waals surface area contributed by atoms with E-state index in [0.29, 0.717) is 0 Å². The van der Waals surface area contributed by atoms with Gasteiger partial charge in [0.25, 0.3) is 5.91 Å². The molecule has 0 unspecified atom stereocenters. The van der Waals surface area contributed by atoms with E-state index in [4.69, 9.17) is 5.26 Å². The number of nitrogens with zero attached hydrogens (tertiary/aromatic N) is 2. The lowest BCUT2D eigenvalue weighted by molar-refractivity contribution is 0.0807. The minimum absolute atomic E-state index is 0.00153. The van der Waals surface area contributed by atoms with Gasteiger partial charge in [0.05, 0.1) is 11.6 Å². The molecule has 0 aliphatic heterocycles. The molecule has 1 amide bonds. The number of benzene rings is 1. The van der Waals surface area contributed by atoms with Gasteiger partial charge in [-0.1, -0.05) is 6.07 Å². The van der Waals surface area contributed by atoms with E-state index in [1.807, 2.05) is 6.07 Å². The topological polar surface area (TPSA) is 44.1 Å². The molecule has 0 atom stereocenters. The smallest absolute Gasteiger partial charge is 0.257 e. The number of nitriles is 1. The van der Waals surface area contributed by atoms with Crippen LogP contribution in [0.15, 0.2) is 18.2 Å². The predicted molar refractivity (Wildman–Crippen MR) is 53.7 cm³/mol. The molecule has 0 heterocycles. The van der Waals surface area contributed by atoms with E-state index >= 15 is 0 Å². The van der Waals surface area contributed by atoms with Crippen LogP contribution < -0.4 is 0 Å². The maximum atomic E-state index is 13.4. The summed E-state index contributed by atoms with van der Waals surface area (Å²) < 4.78 is 13.4. The fourth-order valence-corrected chi connectivity index (χ4v) is 1.18. The number of rotatable bonds is 2. The molecule has 1 aromatic carbocycles. The van der Waals surface area contributed by atoms with Crippen molar-refractivity contribution in [2.75, 3.05) is 13.6 Å². The maximum Gasteiger partial charge on any atom is 0.257 e. The van der Waals surface area contributed by atoms with Gasteiger partial charge in [-0.3, -0.25) is 4.79 Å². The van der Waals surface area contributed by atoms with Gasteiger partial charge in [0.2, 0.25) is 0 Å². The molecule has 0 bridgehead atoms. The molecule has 4 heteroatoms. The quantitative estimate of drug-likeness (QED) is 0.691. The van der Waals surface area contributed by atoms with Crippen LogP contribution in [0.4, 0.5) is 4.39 Å². The average Bonchev–Trinajstić information content (AvgIpc) is 2.17. The molecule has 1 rings (SSSR count). The molecule has 0 radical (unpaired) electrons. The Bertz CT molecular complexity index is 423. The Kier molecular flexibility index (Phi) is 3.40. The van der Waals surface area contributed by atoms with E-state index in [2.05, 4.69) is 0 Å². The lowest BCUT2D eigenvalue weighted by atomic mass is 10.1. The lowest BCUT2D eigenvalue weighted by Gasteiger charge is -2.13. The van der Waals surface area contributed by atoms with Crippen LogP contribution >= 0.6 is 0 Å². The third-order valence-corrected chi connectivity index (χ3v) is 2.01. The molecule has 0 spiro atoms. The predicted octanol–water partition coefficient (Wildman–Crippen LogP) is 1.73. The molecule has 0 aromatic heterocycles. The fraction of sp³-hybridized carbons (Fsp3) is 0.273. The second kappa shape index (κ2) is 4.56. The Morgan fingerprint density at radius 2 is 2.27 bits per heavy atom. The van der Waals surface area contributed by atoms with Gasteiger partial charge in [0.1, 0.15) is 12.4 Å². The van der Waals surface area contributed by atoms with Crippen molar-refractivity contribution in [3.05, 3.63) is 35.1 Å². The molecule has 0 saturated heterocycles. The first-order valence-corrected chi connectivity index (χ1v) is 4.45. The fourth-order valence-electron chi connectivity index (χ4n) is 1.18. The first-order valence-electron chi connectivity index (χ1n) is 4.45. The monoisotopic (exact) mass is 206 g/mol. The third-order valence-electron chi connectivity index (χ3n) is 2.01. The van der Waals surface area contributed by atoms with Crippen LogP contribution in [0, 0.1) is 24.1 Å². The van der Waals surface area contributed by atoms with Gasteiger partial charge in [-0.25, -0.2) is 4.39 Å². The maximum absolute atomic E-state index is 13.4. The first kappa shape index (κ1) is 11.2. The van der Waals surface area contributed by atoms with Gasteiger partial charge in [0.15, 0.2) is 0 Å². The standard InChI is InChI=1S/C11H11FN2O/c1-8-3-4-9(10(12)7-8)11(15)14(2)6-5-13/h3-4,7H,6H2,1-2H3. The zero-order chi connectivity index (χ0) is 11.4. The summed E-state index contributed by atoms with van der Waals surface area (Å²) >= 11 is 0. The zero-order valence-electron chi connectivity index (χ0n) is 8.62. The number of halogens is 1. The minimum Gasteiger partial charge on any atom is -0.328 e. The van der Waals surface area contributed by atoms with Crippen LogP contribution in [-0.2, 0) is 0 Å². The van der Waals surface area contributed by atoms with Crippen molar-refractivity contribution in [1.82, 2.24) is 4.90 Å². The number of carbonyl (C=O) groups is 1. The number of aryl methyl sites for hydroxylation is 1. The van der Waals surface area contributed by atoms with Crippen molar-refractivity contribution in [3.8, 4) is 6.07 Å². The van der Waals surface area contributed by atoms with Crippen molar-refractivity contribution < 1.29 is 9.18 Å². The van der Waals surface area contributed by atoms with Crippen molar-refractivity contribution >= 4 is 5.91 Å². The zero-order valence-corrected chi connectivity index (χ0v) is 8.62. The van der Waals surface area contributed by atoms with Crippen molar-refractivity contribution in [2.45, 2.75) is 6.92 Å². The summed E-state index contributed by atoms with van der Waals surface area (Å²) in [5, 5.41) is 8.41. The first-order chi connectivity index (χ1) is 7.06. The number of amides is 1. The normalized spacial score (nSPS) is 9.47. The Morgan fingerprint density at radius 1 is 1.60 bits per heavy atom. The minimum atomic E-state index is -0.551. The summed E-state index contributed by atoms with van der Waals surface area (Å²) in [5.41, 5.74) is 0.755. The molecule has 0 aliphatic rings. The number of carbonyl (C=O) groups excluding carboxylic acids is 1. The van der Waals surface area contributed by atoms with Crippen LogP contribution in [0.5, 0.6) is 0 Å². The summed E-state index contributed by atoms with van der Waals surface area (Å²) in [7, 11) is 1.46. The Morgan fingerprint density at radius 3 is 2.80 bits per heavy atom. The number of hydrogen-bond acceptors (Lipinski definition) is 2. The molecule has 0 fully saturated rings. The molecule has 78 valence electrons. The summed E-state index contributed by atoms with van der Waals surface area (Å²) in [6, 6.07) is 6.23. The SMILES string of the molecule is Cc1ccc(C(=O)N(C)CC#N)c(F)c1. The van der Waals surface area contributed by atoms with Gasteiger partial charge in [-0.05, 0) is 24.6 Å². The Balaban J connectivity index is 2.97. The largest absolute Gasteiger partial charge is 0.328 e. The van der Waals surface area contributed by atoms with Gasteiger partial charge in [-0.15, -0.1) is 0 Å². The highest BCUT2D eigenvalue weighted by molar-refractivity contribution is 5.94. The molecular formula is C11H11FN2O. The average molecular weight is 206 g/mol. The van der Waals surface area contributed by atoms with Crippen LogP contribution in [0.1, 0.15) is 15.9 Å². The third kappa shape index (κ3) is 2.53. The summed E-state index contributed by atoms with van der Waals surface area (Å²) in [6.07, 6.45) is 0. The highest BCUT2D eigenvalue weighted by Gasteiger charge is 2.15. The highest BCUT2D eigenvalue weighted by atomic mass is 19.1. The van der Waals surface area contributed by atoms with Crippen molar-refractivity contribution in [2.24, 2.45) is 0 Å². The lowest BCUT2D eigenvalue weighted by Crippen LogP contribution is -2.27. The van der Waals surface area contributed by atoms with E-state index < -0.39 is 11.7 Å². The molecule has 3 nitrogen and oxygen atoms in total. The Hall–Kier alpha value is -1.89. The van der Waals surface area contributed by atoms with Crippen LogP contribution in [0.3, 0.4) is 0 Å². The molecule has 15 heavy (non-hydrogen) atoms. The van der Waals surface area contributed by atoms with E-state index in [1.165, 1.54) is 24.1 Å². The second-order valence-electron chi connectivity index (χ2n) is 3.30.